The van der Waals surface area contributed by atoms with Gasteiger partial charge in [-0.3, -0.25) is 4.79 Å². The quantitative estimate of drug-likeness (QED) is 0.495. The molecule has 7 heteroatoms. The molecule has 3 rings (SSSR count). The van der Waals surface area contributed by atoms with Gasteiger partial charge in [0.15, 0.2) is 0 Å². The Balaban J connectivity index is 1.85. The lowest BCUT2D eigenvalue weighted by molar-refractivity contribution is -0.138. The lowest BCUT2D eigenvalue weighted by Gasteiger charge is -2.07. The molecule has 1 aromatic heterocycles. The van der Waals surface area contributed by atoms with E-state index < -0.39 is 5.97 Å². The van der Waals surface area contributed by atoms with E-state index >= 15 is 0 Å². The molecule has 0 atom stereocenters. The number of esters is 1. The highest BCUT2D eigenvalue weighted by Gasteiger charge is 2.12. The third kappa shape index (κ3) is 3.84. The molecule has 0 N–H and O–H groups in total. The third-order valence-electron chi connectivity index (χ3n) is 3.50. The van der Waals surface area contributed by atoms with Crippen molar-refractivity contribution in [1.29, 1.82) is 0 Å². The Hall–Kier alpha value is -3.32. The van der Waals surface area contributed by atoms with Gasteiger partial charge in [-0.15, -0.1) is 0 Å². The molecule has 7 nitrogen and oxygen atoms in total. The van der Waals surface area contributed by atoms with Crippen LogP contribution in [0.1, 0.15) is 0 Å². The number of rotatable bonds is 6. The molecule has 0 amide bonds. The molecule has 26 heavy (non-hydrogen) atoms. The molecule has 0 aliphatic heterocycles. The number of carbonyl (C=O) groups is 1. The fourth-order valence-corrected chi connectivity index (χ4v) is 2.27. The van der Waals surface area contributed by atoms with Crippen molar-refractivity contribution in [2.75, 3.05) is 20.8 Å². The lowest BCUT2D eigenvalue weighted by Crippen LogP contribution is -2.14. The van der Waals surface area contributed by atoms with Crippen LogP contribution in [-0.2, 0) is 9.53 Å². The fraction of sp³-hybridized carbons (Fsp3) is 0.158. The Bertz CT molecular complexity index is 973. The van der Waals surface area contributed by atoms with Crippen LogP contribution in [0.2, 0.25) is 0 Å². The number of benzene rings is 2. The Kier molecular flexibility index (Phi) is 5.19. The summed E-state index contributed by atoms with van der Waals surface area (Å²) in [5, 5.41) is 0.308. The summed E-state index contributed by atoms with van der Waals surface area (Å²) < 4.78 is 25.9. The second-order valence-electron chi connectivity index (χ2n) is 5.27. The van der Waals surface area contributed by atoms with Crippen LogP contribution >= 0.6 is 0 Å². The highest BCUT2D eigenvalue weighted by molar-refractivity contribution is 5.81. The molecule has 0 saturated carbocycles. The molecule has 1 heterocycles. The zero-order valence-electron chi connectivity index (χ0n) is 14.2. The van der Waals surface area contributed by atoms with Crippen LogP contribution in [0.15, 0.2) is 57.9 Å². The van der Waals surface area contributed by atoms with Crippen molar-refractivity contribution in [3.63, 3.8) is 0 Å². The van der Waals surface area contributed by atoms with Gasteiger partial charge < -0.3 is 23.4 Å². The fourth-order valence-electron chi connectivity index (χ4n) is 2.27. The first-order valence-corrected chi connectivity index (χ1v) is 7.68. The largest absolute Gasteiger partial charge is 0.497 e. The van der Waals surface area contributed by atoms with Crippen LogP contribution in [0.5, 0.6) is 23.0 Å². The predicted octanol–water partition coefficient (Wildman–Crippen LogP) is 3.15. The van der Waals surface area contributed by atoms with E-state index in [1.165, 1.54) is 31.6 Å². The van der Waals surface area contributed by atoms with E-state index in [4.69, 9.17) is 23.4 Å². The zero-order valence-corrected chi connectivity index (χ0v) is 14.2. The minimum Gasteiger partial charge on any atom is -0.497 e. The number of methoxy groups -OCH3 is 2. The Morgan fingerprint density at radius 1 is 1.00 bits per heavy atom. The van der Waals surface area contributed by atoms with E-state index in [1.54, 1.807) is 31.4 Å². The minimum absolute atomic E-state index is 0.0480. The molecule has 0 radical (unpaired) electrons. The zero-order chi connectivity index (χ0) is 18.5. The topological polar surface area (TPSA) is 84.2 Å². The number of fused-ring (bicyclic) bond motifs is 1. The van der Waals surface area contributed by atoms with Gasteiger partial charge >= 0.3 is 5.97 Å². The van der Waals surface area contributed by atoms with Gasteiger partial charge in [-0.25, -0.2) is 4.79 Å². The summed E-state index contributed by atoms with van der Waals surface area (Å²) in [5.74, 6) is 0.910. The van der Waals surface area contributed by atoms with Crippen molar-refractivity contribution in [3.8, 4) is 23.0 Å². The highest BCUT2D eigenvalue weighted by Crippen LogP contribution is 2.25. The van der Waals surface area contributed by atoms with E-state index in [1.807, 2.05) is 0 Å². The minimum atomic E-state index is -0.548. The lowest BCUT2D eigenvalue weighted by atomic mass is 10.2. The van der Waals surface area contributed by atoms with Gasteiger partial charge in [0.1, 0.15) is 35.7 Å². The first-order chi connectivity index (χ1) is 12.6. The Morgan fingerprint density at radius 2 is 1.69 bits per heavy atom. The van der Waals surface area contributed by atoms with Crippen LogP contribution in [-0.4, -0.2) is 26.8 Å². The van der Waals surface area contributed by atoms with Crippen LogP contribution in [0.3, 0.4) is 0 Å². The van der Waals surface area contributed by atoms with E-state index in [2.05, 4.69) is 0 Å². The first kappa shape index (κ1) is 17.5. The highest BCUT2D eigenvalue weighted by atomic mass is 16.6. The summed E-state index contributed by atoms with van der Waals surface area (Å²) in [6, 6.07) is 11.3. The molecule has 0 spiro atoms. The summed E-state index contributed by atoms with van der Waals surface area (Å²) >= 11 is 0. The SMILES string of the molecule is COCC(=O)Oc1ccc2c(=O)c(Oc3ccc(OC)cc3)coc2c1. The number of carbonyl (C=O) groups excluding carboxylic acids is 1. The van der Waals surface area contributed by atoms with Crippen molar-refractivity contribution in [2.45, 2.75) is 0 Å². The van der Waals surface area contributed by atoms with Crippen LogP contribution < -0.4 is 19.6 Å². The Morgan fingerprint density at radius 3 is 2.38 bits per heavy atom. The molecule has 0 bridgehead atoms. The summed E-state index contributed by atoms with van der Waals surface area (Å²) in [4.78, 5) is 24.0. The smallest absolute Gasteiger partial charge is 0.337 e. The maximum atomic E-state index is 12.6. The van der Waals surface area contributed by atoms with Crippen molar-refractivity contribution >= 4 is 16.9 Å². The van der Waals surface area contributed by atoms with Gasteiger partial charge in [-0.05, 0) is 36.4 Å². The molecule has 0 unspecified atom stereocenters. The number of hydrogen-bond donors (Lipinski definition) is 0. The maximum absolute atomic E-state index is 12.6. The summed E-state index contributed by atoms with van der Waals surface area (Å²) in [6.45, 7) is -0.170. The average Bonchev–Trinajstić information content (AvgIpc) is 2.65. The molecule has 0 saturated heterocycles. The summed E-state index contributed by atoms with van der Waals surface area (Å²) in [5.41, 5.74) is -0.0587. The van der Waals surface area contributed by atoms with Gasteiger partial charge in [0.25, 0.3) is 0 Å². The van der Waals surface area contributed by atoms with E-state index in [-0.39, 0.29) is 29.1 Å². The Labute approximate surface area is 148 Å². The van der Waals surface area contributed by atoms with Crippen LogP contribution in [0.4, 0.5) is 0 Å². The van der Waals surface area contributed by atoms with Gasteiger partial charge in [0.2, 0.25) is 11.2 Å². The van der Waals surface area contributed by atoms with E-state index in [9.17, 15) is 9.59 Å². The monoisotopic (exact) mass is 356 g/mol. The number of hydrogen-bond acceptors (Lipinski definition) is 7. The second kappa shape index (κ2) is 7.71. The second-order valence-corrected chi connectivity index (χ2v) is 5.27. The van der Waals surface area contributed by atoms with E-state index in [0.29, 0.717) is 16.9 Å². The van der Waals surface area contributed by atoms with Crippen LogP contribution in [0, 0.1) is 0 Å². The first-order valence-electron chi connectivity index (χ1n) is 7.68. The molecular formula is C19H16O7. The van der Waals surface area contributed by atoms with Crippen molar-refractivity contribution in [1.82, 2.24) is 0 Å². The molecule has 0 aliphatic rings. The third-order valence-corrected chi connectivity index (χ3v) is 3.50. The molecule has 2 aromatic carbocycles. The predicted molar refractivity (Wildman–Crippen MR) is 93.1 cm³/mol. The van der Waals surface area contributed by atoms with Crippen molar-refractivity contribution in [2.24, 2.45) is 0 Å². The summed E-state index contributed by atoms with van der Waals surface area (Å²) in [6.07, 6.45) is 1.22. The summed E-state index contributed by atoms with van der Waals surface area (Å²) in [7, 11) is 2.96. The maximum Gasteiger partial charge on any atom is 0.337 e. The molecule has 0 aliphatic carbocycles. The molecule has 134 valence electrons. The normalized spacial score (nSPS) is 10.5. The van der Waals surface area contributed by atoms with E-state index in [0.717, 1.165) is 0 Å². The molecule has 3 aromatic rings. The van der Waals surface area contributed by atoms with Crippen molar-refractivity contribution < 1.29 is 28.2 Å². The van der Waals surface area contributed by atoms with Gasteiger partial charge in [0, 0.05) is 13.2 Å². The average molecular weight is 356 g/mol. The molecular weight excluding hydrogens is 340 g/mol. The standard InChI is InChI=1S/C19H16O7/c1-22-11-18(20)26-14-7-8-15-16(9-14)24-10-17(19(15)21)25-13-5-3-12(23-2)4-6-13/h3-10H,11H2,1-2H3. The van der Waals surface area contributed by atoms with Gasteiger partial charge in [0.05, 0.1) is 12.5 Å². The van der Waals surface area contributed by atoms with Gasteiger partial charge in [-0.1, -0.05) is 0 Å². The van der Waals surface area contributed by atoms with Gasteiger partial charge in [-0.2, -0.15) is 0 Å². The van der Waals surface area contributed by atoms with Crippen molar-refractivity contribution in [3.05, 3.63) is 59.0 Å². The number of ether oxygens (including phenoxy) is 4. The van der Waals surface area contributed by atoms with Crippen LogP contribution in [0.25, 0.3) is 11.0 Å². The molecule has 0 fully saturated rings.